The smallest absolute Gasteiger partial charge is 0.0101 e. The first-order chi connectivity index (χ1) is 9.32. The highest BCUT2D eigenvalue weighted by molar-refractivity contribution is 5.10. The minimum Gasteiger partial charge on any atom is -0.315 e. The number of hydrogen-bond donors (Lipinski definition) is 1. The molecule has 0 aromatic rings. The standard InChI is InChI=1S/C18H34N2/c1-16-9-15-10-17(2,12-16)14-18(11-15,13-16)5-6-19-7-8-20(3)4/h15,19H,5-14H2,1-4H3. The number of likely N-dealkylation sites (N-methyl/N-ethyl adjacent to an activating group) is 1. The quantitative estimate of drug-likeness (QED) is 0.748. The maximum atomic E-state index is 3.68. The molecule has 2 heteroatoms. The molecular formula is C18H34N2. The third-order valence-electron chi connectivity index (χ3n) is 6.31. The predicted molar refractivity (Wildman–Crippen MR) is 85.9 cm³/mol. The zero-order chi connectivity index (χ0) is 14.4. The Morgan fingerprint density at radius 3 is 2.15 bits per heavy atom. The summed E-state index contributed by atoms with van der Waals surface area (Å²) in [6, 6.07) is 0. The summed E-state index contributed by atoms with van der Waals surface area (Å²) in [4.78, 5) is 2.26. The maximum absolute atomic E-state index is 3.68. The molecule has 4 aliphatic rings. The fraction of sp³-hybridized carbons (Fsp3) is 1.00. The van der Waals surface area contributed by atoms with Crippen molar-refractivity contribution in [2.45, 2.75) is 58.8 Å². The Balaban J connectivity index is 1.56. The Morgan fingerprint density at radius 1 is 0.950 bits per heavy atom. The van der Waals surface area contributed by atoms with E-state index in [9.17, 15) is 0 Å². The van der Waals surface area contributed by atoms with Gasteiger partial charge in [-0.05, 0) is 87.7 Å². The van der Waals surface area contributed by atoms with Gasteiger partial charge in [-0.2, -0.15) is 0 Å². The largest absolute Gasteiger partial charge is 0.315 e. The van der Waals surface area contributed by atoms with E-state index in [2.05, 4.69) is 38.2 Å². The van der Waals surface area contributed by atoms with Gasteiger partial charge in [0.25, 0.3) is 0 Å². The first kappa shape index (κ1) is 14.8. The highest BCUT2D eigenvalue weighted by Crippen LogP contribution is 2.70. The molecule has 116 valence electrons. The summed E-state index contributed by atoms with van der Waals surface area (Å²) in [5, 5.41) is 3.68. The van der Waals surface area contributed by atoms with Crippen molar-refractivity contribution in [3.63, 3.8) is 0 Å². The highest BCUT2D eigenvalue weighted by atomic mass is 15.1. The lowest BCUT2D eigenvalue weighted by Gasteiger charge is -2.65. The lowest BCUT2D eigenvalue weighted by molar-refractivity contribution is -0.147. The predicted octanol–water partition coefficient (Wildman–Crippen LogP) is 3.52. The van der Waals surface area contributed by atoms with E-state index in [-0.39, 0.29) is 0 Å². The topological polar surface area (TPSA) is 15.3 Å². The Labute approximate surface area is 125 Å². The van der Waals surface area contributed by atoms with Gasteiger partial charge in [0, 0.05) is 13.1 Å². The van der Waals surface area contributed by atoms with Crippen LogP contribution in [0.4, 0.5) is 0 Å². The molecule has 20 heavy (non-hydrogen) atoms. The van der Waals surface area contributed by atoms with Gasteiger partial charge in [-0.3, -0.25) is 0 Å². The molecule has 0 radical (unpaired) electrons. The highest BCUT2D eigenvalue weighted by Gasteiger charge is 2.59. The molecule has 4 bridgehead atoms. The minimum atomic E-state index is 0.678. The van der Waals surface area contributed by atoms with Gasteiger partial charge in [0.05, 0.1) is 0 Å². The number of nitrogens with one attached hydrogen (secondary N) is 1. The van der Waals surface area contributed by atoms with Gasteiger partial charge in [0.2, 0.25) is 0 Å². The van der Waals surface area contributed by atoms with Crippen molar-refractivity contribution in [1.29, 1.82) is 0 Å². The van der Waals surface area contributed by atoms with E-state index in [4.69, 9.17) is 0 Å². The lowest BCUT2D eigenvalue weighted by atomic mass is 9.40. The molecule has 1 N–H and O–H groups in total. The summed E-state index contributed by atoms with van der Waals surface area (Å²) in [5.41, 5.74) is 2.05. The summed E-state index contributed by atoms with van der Waals surface area (Å²) < 4.78 is 0. The second kappa shape index (κ2) is 4.98. The van der Waals surface area contributed by atoms with Gasteiger partial charge in [-0.25, -0.2) is 0 Å². The molecule has 0 aromatic heterocycles. The van der Waals surface area contributed by atoms with Crippen molar-refractivity contribution < 1.29 is 0 Å². The molecule has 4 aliphatic carbocycles. The summed E-state index contributed by atoms with van der Waals surface area (Å²) in [5.74, 6) is 1.04. The Hall–Kier alpha value is -0.0800. The lowest BCUT2D eigenvalue weighted by Crippen LogP contribution is -2.55. The van der Waals surface area contributed by atoms with E-state index in [0.717, 1.165) is 19.0 Å². The van der Waals surface area contributed by atoms with E-state index in [1.165, 1.54) is 51.5 Å². The molecule has 4 saturated carbocycles. The van der Waals surface area contributed by atoms with Crippen LogP contribution in [0.2, 0.25) is 0 Å². The van der Waals surface area contributed by atoms with Crippen molar-refractivity contribution in [1.82, 2.24) is 10.2 Å². The van der Waals surface area contributed by atoms with Crippen LogP contribution in [0.15, 0.2) is 0 Å². The van der Waals surface area contributed by atoms with Crippen molar-refractivity contribution in [2.75, 3.05) is 33.7 Å². The number of nitrogens with zero attached hydrogens (tertiary/aromatic N) is 1. The van der Waals surface area contributed by atoms with Gasteiger partial charge >= 0.3 is 0 Å². The summed E-state index contributed by atoms with van der Waals surface area (Å²) in [7, 11) is 4.31. The van der Waals surface area contributed by atoms with E-state index in [1.807, 2.05) is 0 Å². The van der Waals surface area contributed by atoms with E-state index < -0.39 is 0 Å². The molecule has 2 atom stereocenters. The van der Waals surface area contributed by atoms with Crippen LogP contribution in [0.25, 0.3) is 0 Å². The molecule has 0 aromatic carbocycles. The van der Waals surface area contributed by atoms with Crippen molar-refractivity contribution >= 4 is 0 Å². The monoisotopic (exact) mass is 278 g/mol. The van der Waals surface area contributed by atoms with Crippen LogP contribution in [0.5, 0.6) is 0 Å². The number of hydrogen-bond acceptors (Lipinski definition) is 2. The van der Waals surface area contributed by atoms with Crippen LogP contribution in [0.1, 0.15) is 58.8 Å². The van der Waals surface area contributed by atoms with E-state index in [0.29, 0.717) is 16.2 Å². The van der Waals surface area contributed by atoms with Gasteiger partial charge < -0.3 is 10.2 Å². The van der Waals surface area contributed by atoms with E-state index >= 15 is 0 Å². The molecule has 2 unspecified atom stereocenters. The van der Waals surface area contributed by atoms with Crippen LogP contribution in [0, 0.1) is 22.2 Å². The second-order valence-electron chi connectivity index (χ2n) is 9.43. The third-order valence-corrected chi connectivity index (χ3v) is 6.31. The number of rotatable bonds is 6. The van der Waals surface area contributed by atoms with Gasteiger partial charge in [-0.15, -0.1) is 0 Å². The molecule has 0 aliphatic heterocycles. The second-order valence-corrected chi connectivity index (χ2v) is 9.43. The Morgan fingerprint density at radius 2 is 1.60 bits per heavy atom. The SMILES string of the molecule is CN(C)CCNCCC12CC3CC(C)(CC(C)(C3)C1)C2. The van der Waals surface area contributed by atoms with Gasteiger partial charge in [-0.1, -0.05) is 13.8 Å². The zero-order valence-electron chi connectivity index (χ0n) is 14.1. The van der Waals surface area contributed by atoms with Crippen LogP contribution < -0.4 is 5.32 Å². The molecular weight excluding hydrogens is 244 g/mol. The Kier molecular flexibility index (Phi) is 3.70. The minimum absolute atomic E-state index is 0.678. The summed E-state index contributed by atoms with van der Waals surface area (Å²) in [6.07, 6.45) is 10.5. The zero-order valence-corrected chi connectivity index (χ0v) is 14.1. The average molecular weight is 278 g/mol. The normalized spacial score (nSPS) is 46.4. The van der Waals surface area contributed by atoms with Crippen molar-refractivity contribution in [2.24, 2.45) is 22.2 Å². The average Bonchev–Trinajstić information content (AvgIpc) is 2.22. The van der Waals surface area contributed by atoms with Crippen LogP contribution in [-0.2, 0) is 0 Å². The fourth-order valence-corrected chi connectivity index (χ4v) is 6.74. The van der Waals surface area contributed by atoms with Crippen LogP contribution in [0.3, 0.4) is 0 Å². The molecule has 0 spiro atoms. The fourth-order valence-electron chi connectivity index (χ4n) is 6.74. The molecule has 2 nitrogen and oxygen atoms in total. The van der Waals surface area contributed by atoms with Crippen molar-refractivity contribution in [3.8, 4) is 0 Å². The molecule has 4 rings (SSSR count). The first-order valence-electron chi connectivity index (χ1n) is 8.68. The molecule has 0 saturated heterocycles. The first-order valence-corrected chi connectivity index (χ1v) is 8.68. The maximum Gasteiger partial charge on any atom is 0.0101 e. The Bertz CT molecular complexity index is 344. The molecule has 0 amide bonds. The van der Waals surface area contributed by atoms with Gasteiger partial charge in [0.1, 0.15) is 0 Å². The molecule has 0 heterocycles. The van der Waals surface area contributed by atoms with Crippen LogP contribution >= 0.6 is 0 Å². The summed E-state index contributed by atoms with van der Waals surface area (Å²) in [6.45, 7) is 8.70. The third kappa shape index (κ3) is 2.92. The summed E-state index contributed by atoms with van der Waals surface area (Å²) >= 11 is 0. The van der Waals surface area contributed by atoms with Gasteiger partial charge in [0.15, 0.2) is 0 Å². The molecule has 4 fully saturated rings. The van der Waals surface area contributed by atoms with Crippen LogP contribution in [-0.4, -0.2) is 38.6 Å². The van der Waals surface area contributed by atoms with E-state index in [1.54, 1.807) is 0 Å². The van der Waals surface area contributed by atoms with Crippen molar-refractivity contribution in [3.05, 3.63) is 0 Å².